The second-order valence-electron chi connectivity index (χ2n) is 13.2. The largest absolute Gasteiger partial charge is 0.662 e. The Morgan fingerprint density at radius 2 is 0.551 bits per heavy atom. The van der Waals surface area contributed by atoms with Gasteiger partial charge in [-0.25, -0.2) is 0 Å². The summed E-state index contributed by atoms with van der Waals surface area (Å²) in [5.74, 6) is 0. The third kappa shape index (κ3) is 11.0. The van der Waals surface area contributed by atoms with Crippen molar-refractivity contribution < 1.29 is 80.7 Å². The van der Waals surface area contributed by atoms with E-state index in [2.05, 4.69) is 0 Å². The molecule has 0 aromatic rings. The predicted molar refractivity (Wildman–Crippen MR) is 181 cm³/mol. The average Bonchev–Trinajstić information content (AvgIpc) is 2.81. The topological polar surface area (TPSA) is 175 Å². The van der Waals surface area contributed by atoms with Gasteiger partial charge in [0, 0.05) is 49.8 Å². The fourth-order valence-corrected chi connectivity index (χ4v) is 37.3. The van der Waals surface area contributed by atoms with Crippen molar-refractivity contribution in [2.75, 3.05) is 7.11 Å². The van der Waals surface area contributed by atoms with Gasteiger partial charge in [0.15, 0.2) is 0 Å². The highest BCUT2D eigenvalue weighted by molar-refractivity contribution is 6.93. The highest BCUT2D eigenvalue weighted by Gasteiger charge is 2.85. The molecule has 0 N–H and O–H groups in total. The maximum atomic E-state index is 6.85. The van der Waals surface area contributed by atoms with Crippen LogP contribution >= 0.6 is 0 Å². The minimum Gasteiger partial charge on any atom is -0.380 e. The van der Waals surface area contributed by atoms with Gasteiger partial charge in [0.25, 0.3) is 0 Å². The second kappa shape index (κ2) is 16.4. The lowest BCUT2D eigenvalue weighted by Gasteiger charge is -2.54. The van der Waals surface area contributed by atoms with E-state index in [1.165, 1.54) is 7.11 Å². The maximum Gasteiger partial charge on any atom is 0.662 e. The van der Waals surface area contributed by atoms with Gasteiger partial charge in [-0.15, -0.1) is 0 Å². The number of hydrogen-bond donors (Lipinski definition) is 0. The van der Waals surface area contributed by atoms with Gasteiger partial charge in [0.1, 0.15) is 0 Å². The lowest BCUT2D eigenvalue weighted by atomic mass is 10.5. The Kier molecular flexibility index (Phi) is 14.3. The van der Waals surface area contributed by atoms with Gasteiger partial charge >= 0.3 is 73.3 Å². The molecule has 4 aliphatic heterocycles. The molecule has 0 saturated carbocycles. The number of rotatable bonds is 15. The van der Waals surface area contributed by atoms with E-state index in [-0.39, 0.29) is 0 Å². The molecule has 288 valence electrons. The molecule has 19 nitrogen and oxygen atoms in total. The summed E-state index contributed by atoms with van der Waals surface area (Å²) in [5, 5.41) is 0. The Balaban J connectivity index is 2.16. The molecular formula is C22H54O19Si8. The standard InChI is InChI=1S/C22H54O19Si8/c1-16(2)24-43-33-46(27-19(7)8)35-44(25-17(3)4)31-42(23-15)32-45(26-18(5)6)36-47(34-43,28-20(9)10)40-49(39-46,30-22(13)14)41-48(37-44,38-45)29-21(11)12/h16-22,42-43H,1-15H3/t42-,43-,44+,45?,46?,47+,48-,49?/m1/s1. The summed E-state index contributed by atoms with van der Waals surface area (Å²) in [7, 11) is -34.2. The van der Waals surface area contributed by atoms with E-state index < -0.39 is 116 Å². The molecular weight excluding hydrogens is 793 g/mol. The molecule has 6 bridgehead atoms. The average molecular weight is 847 g/mol. The van der Waals surface area contributed by atoms with Crippen LogP contribution in [0.4, 0.5) is 0 Å². The lowest BCUT2D eigenvalue weighted by molar-refractivity contribution is -0.145. The summed E-state index contributed by atoms with van der Waals surface area (Å²) in [6, 6.07) is 0. The van der Waals surface area contributed by atoms with Crippen molar-refractivity contribution in [1.82, 2.24) is 0 Å². The lowest BCUT2D eigenvalue weighted by Crippen LogP contribution is -2.86. The zero-order chi connectivity index (χ0) is 36.6. The molecule has 0 aliphatic carbocycles. The van der Waals surface area contributed by atoms with E-state index >= 15 is 0 Å². The minimum atomic E-state index is -4.83. The van der Waals surface area contributed by atoms with Gasteiger partial charge in [-0.05, 0) is 96.9 Å². The first-order valence-electron chi connectivity index (χ1n) is 16.5. The number of fused-ring (bicyclic) bond motifs is 4. The van der Waals surface area contributed by atoms with Crippen LogP contribution < -0.4 is 0 Å². The Bertz CT molecular complexity index is 1030. The van der Waals surface area contributed by atoms with Crippen LogP contribution in [0, 0.1) is 0 Å². The van der Waals surface area contributed by atoms with E-state index in [1.54, 1.807) is 96.9 Å². The fourth-order valence-electron chi connectivity index (χ4n) is 4.55. The van der Waals surface area contributed by atoms with Gasteiger partial charge < -0.3 is 80.7 Å². The molecule has 4 rings (SSSR count). The highest BCUT2D eigenvalue weighted by atomic mass is 28.6. The first-order valence-corrected chi connectivity index (χ1v) is 29.1. The summed E-state index contributed by atoms with van der Waals surface area (Å²) in [6.45, 7) is 24.7. The molecule has 4 fully saturated rings. The van der Waals surface area contributed by atoms with Crippen molar-refractivity contribution >= 4 is 73.3 Å². The van der Waals surface area contributed by atoms with Crippen LogP contribution in [-0.4, -0.2) is 123 Å². The van der Waals surface area contributed by atoms with Crippen molar-refractivity contribution in [1.29, 1.82) is 0 Å². The van der Waals surface area contributed by atoms with Crippen molar-refractivity contribution in [2.45, 2.75) is 140 Å². The van der Waals surface area contributed by atoms with E-state index in [0.29, 0.717) is 0 Å². The smallest absolute Gasteiger partial charge is 0.380 e. The minimum absolute atomic E-state index is 0.418. The second-order valence-corrected chi connectivity index (χ2v) is 32.0. The Labute approximate surface area is 299 Å². The zero-order valence-corrected chi connectivity index (χ0v) is 39.3. The van der Waals surface area contributed by atoms with E-state index in [1.807, 2.05) is 0 Å². The first kappa shape index (κ1) is 42.7. The Morgan fingerprint density at radius 1 is 0.327 bits per heavy atom. The zero-order valence-electron chi connectivity index (χ0n) is 31.0. The van der Waals surface area contributed by atoms with E-state index in [4.69, 9.17) is 80.7 Å². The third-order valence-electron chi connectivity index (χ3n) is 5.57. The summed E-state index contributed by atoms with van der Waals surface area (Å²) < 4.78 is 125. The number of hydrogen-bond acceptors (Lipinski definition) is 19. The summed E-state index contributed by atoms with van der Waals surface area (Å²) in [4.78, 5) is 0. The SMILES string of the molecule is CO[Si@H]1O[Si]2(OC(C)C)O[Si@]3(OC(C)C)O[Si@H](OC(C)C)O[Si]4(OC(C)C)O[Si](OC(C)C)(O3)O[Si@@](OC(C)C)(O2)O[Si@@](OC(C)C)(O1)O4. The van der Waals surface area contributed by atoms with Crippen LogP contribution in [0.1, 0.15) is 96.9 Å². The van der Waals surface area contributed by atoms with E-state index in [0.717, 1.165) is 0 Å². The molecule has 0 spiro atoms. The summed E-state index contributed by atoms with van der Waals surface area (Å²) in [5.41, 5.74) is 0. The molecule has 0 aromatic carbocycles. The van der Waals surface area contributed by atoms with Crippen LogP contribution in [0.25, 0.3) is 0 Å². The van der Waals surface area contributed by atoms with Crippen molar-refractivity contribution in [3.63, 3.8) is 0 Å². The molecule has 27 heteroatoms. The molecule has 4 saturated heterocycles. The molecule has 4 heterocycles. The van der Waals surface area contributed by atoms with Gasteiger partial charge in [-0.1, -0.05) is 0 Å². The normalized spacial score (nSPS) is 40.0. The van der Waals surface area contributed by atoms with Gasteiger partial charge in [-0.3, -0.25) is 0 Å². The Hall–Kier alpha value is 0.975. The van der Waals surface area contributed by atoms with Crippen molar-refractivity contribution in [3.05, 3.63) is 0 Å². The molecule has 4 aliphatic rings. The highest BCUT2D eigenvalue weighted by Crippen LogP contribution is 2.46. The van der Waals surface area contributed by atoms with Crippen LogP contribution in [0.5, 0.6) is 0 Å². The van der Waals surface area contributed by atoms with Gasteiger partial charge in [-0.2, -0.15) is 0 Å². The van der Waals surface area contributed by atoms with Gasteiger partial charge in [0.05, 0.1) is 0 Å². The van der Waals surface area contributed by atoms with Crippen LogP contribution in [-0.2, 0) is 80.7 Å². The molecule has 8 atom stereocenters. The summed E-state index contributed by atoms with van der Waals surface area (Å²) in [6.07, 6.45) is -3.89. The van der Waals surface area contributed by atoms with Crippen molar-refractivity contribution in [2.24, 2.45) is 0 Å². The fraction of sp³-hybridized carbons (Fsp3) is 1.00. The third-order valence-corrected chi connectivity index (χ3v) is 33.0. The molecule has 49 heavy (non-hydrogen) atoms. The molecule has 3 unspecified atom stereocenters. The van der Waals surface area contributed by atoms with Crippen molar-refractivity contribution in [3.8, 4) is 0 Å². The molecule has 0 radical (unpaired) electrons. The monoisotopic (exact) mass is 846 g/mol. The van der Waals surface area contributed by atoms with Crippen LogP contribution in [0.15, 0.2) is 0 Å². The van der Waals surface area contributed by atoms with E-state index in [9.17, 15) is 0 Å². The van der Waals surface area contributed by atoms with Crippen LogP contribution in [0.3, 0.4) is 0 Å². The quantitative estimate of drug-likeness (QED) is 0.218. The molecule has 0 aromatic heterocycles. The van der Waals surface area contributed by atoms with Gasteiger partial charge in [0.2, 0.25) is 0 Å². The predicted octanol–water partition coefficient (Wildman–Crippen LogP) is 1.89. The maximum absolute atomic E-state index is 6.85. The first-order chi connectivity index (χ1) is 22.6. The Morgan fingerprint density at radius 3 is 0.796 bits per heavy atom. The summed E-state index contributed by atoms with van der Waals surface area (Å²) >= 11 is 0. The molecule has 0 amide bonds. The van der Waals surface area contributed by atoms with Crippen LogP contribution in [0.2, 0.25) is 0 Å².